The fourth-order valence-corrected chi connectivity index (χ4v) is 2.97. The Balaban J connectivity index is 2.01. The molecule has 0 atom stereocenters. The molecule has 0 saturated carbocycles. The molecule has 1 N–H and O–H groups in total. The summed E-state index contributed by atoms with van der Waals surface area (Å²) in [5, 5.41) is 6.01. The summed E-state index contributed by atoms with van der Waals surface area (Å²) in [5.74, 6) is 0.464. The van der Waals surface area contributed by atoms with Gasteiger partial charge in [-0.1, -0.05) is 34.5 Å². The number of thiazole rings is 1. The number of halogens is 2. The van der Waals surface area contributed by atoms with Crippen LogP contribution in [0.25, 0.3) is 0 Å². The van der Waals surface area contributed by atoms with Gasteiger partial charge in [-0.25, -0.2) is 9.97 Å². The van der Waals surface area contributed by atoms with Gasteiger partial charge in [-0.05, 0) is 19.9 Å². The minimum atomic E-state index is 0.424. The molecule has 0 aliphatic carbocycles. The number of anilines is 2. The number of hydrogen-bond donors (Lipinski definition) is 1. The van der Waals surface area contributed by atoms with Crippen molar-refractivity contribution in [3.05, 3.63) is 33.4 Å². The molecule has 0 spiro atoms. The second kappa shape index (κ2) is 7.59. The van der Waals surface area contributed by atoms with Crippen LogP contribution in [0.2, 0.25) is 10.0 Å². The summed E-state index contributed by atoms with van der Waals surface area (Å²) in [6.07, 6.45) is 4.99. The van der Waals surface area contributed by atoms with Crippen molar-refractivity contribution in [1.29, 1.82) is 0 Å². The van der Waals surface area contributed by atoms with E-state index in [0.29, 0.717) is 15.9 Å². The molecule has 21 heavy (non-hydrogen) atoms. The van der Waals surface area contributed by atoms with E-state index in [2.05, 4.69) is 39.2 Å². The van der Waals surface area contributed by atoms with E-state index in [1.54, 1.807) is 29.8 Å². The lowest BCUT2D eigenvalue weighted by Gasteiger charge is -2.16. The maximum Gasteiger partial charge on any atom is 0.185 e. The minimum absolute atomic E-state index is 0.424. The van der Waals surface area contributed by atoms with Crippen LogP contribution in [0, 0.1) is 0 Å². The average Bonchev–Trinajstić information content (AvgIpc) is 2.91. The number of pyridine rings is 1. The Morgan fingerprint density at radius 2 is 2.05 bits per heavy atom. The lowest BCUT2D eigenvalue weighted by Crippen LogP contribution is -2.21. The van der Waals surface area contributed by atoms with Crippen LogP contribution in [0.5, 0.6) is 0 Å². The Kier molecular flexibility index (Phi) is 5.78. The number of rotatable bonds is 6. The third kappa shape index (κ3) is 4.30. The van der Waals surface area contributed by atoms with E-state index in [9.17, 15) is 0 Å². The number of aromatic nitrogens is 2. The Bertz CT molecular complexity index is 625. The molecule has 2 rings (SSSR count). The van der Waals surface area contributed by atoms with Crippen LogP contribution in [-0.2, 0) is 0 Å². The van der Waals surface area contributed by atoms with E-state index in [0.717, 1.165) is 23.1 Å². The van der Waals surface area contributed by atoms with Crippen molar-refractivity contribution >= 4 is 51.7 Å². The Labute approximate surface area is 137 Å². The lowest BCUT2D eigenvalue weighted by atomic mass is 10.5. The first-order chi connectivity index (χ1) is 10.1. The molecule has 2 aromatic heterocycles. The smallest absolute Gasteiger partial charge is 0.185 e. The largest absolute Gasteiger partial charge is 0.349 e. The normalized spacial score (nSPS) is 11.0. The highest BCUT2D eigenvalue weighted by Gasteiger charge is 2.06. The first kappa shape index (κ1) is 16.0. The zero-order chi connectivity index (χ0) is 15.2. The van der Waals surface area contributed by atoms with Gasteiger partial charge in [-0.2, -0.15) is 5.10 Å². The predicted molar refractivity (Wildman–Crippen MR) is 91.1 cm³/mol. The molecule has 2 aromatic rings. The van der Waals surface area contributed by atoms with E-state index in [4.69, 9.17) is 23.2 Å². The van der Waals surface area contributed by atoms with Crippen LogP contribution in [0.4, 0.5) is 10.9 Å². The van der Waals surface area contributed by atoms with Crippen LogP contribution in [0.3, 0.4) is 0 Å². The fourth-order valence-electron chi connectivity index (χ4n) is 1.63. The van der Waals surface area contributed by atoms with Crippen molar-refractivity contribution < 1.29 is 0 Å². The Morgan fingerprint density at radius 1 is 1.29 bits per heavy atom. The molecule has 2 heterocycles. The maximum absolute atomic E-state index is 5.99. The van der Waals surface area contributed by atoms with Crippen LogP contribution >= 0.6 is 34.5 Å². The van der Waals surface area contributed by atoms with Crippen molar-refractivity contribution in [3.8, 4) is 0 Å². The summed E-state index contributed by atoms with van der Waals surface area (Å²) in [7, 11) is 0. The van der Waals surface area contributed by atoms with Crippen LogP contribution in [-0.4, -0.2) is 29.3 Å². The van der Waals surface area contributed by atoms with Gasteiger partial charge in [-0.3, -0.25) is 5.43 Å². The zero-order valence-corrected chi connectivity index (χ0v) is 14.0. The molecule has 0 amide bonds. The molecule has 0 bridgehead atoms. The standard InChI is InChI=1S/C13H15Cl2N5S/c1-3-20(4-2)13-17-7-10(21-13)8-18-19-12-11(15)5-9(14)6-16-12/h5-8H,3-4H2,1-2H3,(H,16,19)/b18-8-. The first-order valence-electron chi connectivity index (χ1n) is 6.45. The molecular weight excluding hydrogens is 329 g/mol. The predicted octanol–water partition coefficient (Wildman–Crippen LogP) is 4.14. The molecule has 0 radical (unpaired) electrons. The molecule has 0 aromatic carbocycles. The minimum Gasteiger partial charge on any atom is -0.349 e. The Morgan fingerprint density at radius 3 is 2.71 bits per heavy atom. The molecule has 8 heteroatoms. The molecule has 0 aliphatic heterocycles. The summed E-state index contributed by atoms with van der Waals surface area (Å²) in [6.45, 7) is 6.08. The monoisotopic (exact) mass is 343 g/mol. The van der Waals surface area contributed by atoms with Gasteiger partial charge in [-0.15, -0.1) is 0 Å². The van der Waals surface area contributed by atoms with Crippen molar-refractivity contribution in [3.63, 3.8) is 0 Å². The molecular formula is C13H15Cl2N5S. The maximum atomic E-state index is 5.99. The topological polar surface area (TPSA) is 53.4 Å². The third-order valence-corrected chi connectivity index (χ3v) is 4.20. The highest BCUT2D eigenvalue weighted by Crippen LogP contribution is 2.23. The highest BCUT2D eigenvalue weighted by atomic mass is 35.5. The second-order valence-electron chi connectivity index (χ2n) is 4.07. The lowest BCUT2D eigenvalue weighted by molar-refractivity contribution is 0.860. The summed E-state index contributed by atoms with van der Waals surface area (Å²) < 4.78 is 0. The molecule has 0 fully saturated rings. The zero-order valence-electron chi connectivity index (χ0n) is 11.7. The summed E-state index contributed by atoms with van der Waals surface area (Å²) in [5.41, 5.74) is 2.79. The molecule has 112 valence electrons. The average molecular weight is 344 g/mol. The van der Waals surface area contributed by atoms with Crippen LogP contribution < -0.4 is 10.3 Å². The number of hydrazone groups is 1. The number of hydrogen-bond acceptors (Lipinski definition) is 6. The van der Waals surface area contributed by atoms with Crippen LogP contribution in [0.1, 0.15) is 18.7 Å². The van der Waals surface area contributed by atoms with Gasteiger partial charge in [0.15, 0.2) is 10.9 Å². The van der Waals surface area contributed by atoms with E-state index in [1.807, 2.05) is 0 Å². The van der Waals surface area contributed by atoms with Crippen molar-refractivity contribution in [2.75, 3.05) is 23.4 Å². The van der Waals surface area contributed by atoms with Gasteiger partial charge in [0, 0.05) is 25.5 Å². The number of nitrogens with zero attached hydrogens (tertiary/aromatic N) is 4. The fraction of sp³-hybridized carbons (Fsp3) is 0.308. The Hall–Kier alpha value is -1.37. The van der Waals surface area contributed by atoms with Gasteiger partial charge < -0.3 is 4.90 Å². The second-order valence-corrected chi connectivity index (χ2v) is 5.96. The van der Waals surface area contributed by atoms with Crippen molar-refractivity contribution in [2.24, 2.45) is 5.10 Å². The SMILES string of the molecule is CCN(CC)c1ncc(/C=N\Nc2ncc(Cl)cc2Cl)s1. The summed E-state index contributed by atoms with van der Waals surface area (Å²) in [6, 6.07) is 1.61. The summed E-state index contributed by atoms with van der Waals surface area (Å²) in [4.78, 5) is 11.6. The van der Waals surface area contributed by atoms with Crippen molar-refractivity contribution in [1.82, 2.24) is 9.97 Å². The van der Waals surface area contributed by atoms with E-state index in [1.165, 1.54) is 6.20 Å². The van der Waals surface area contributed by atoms with E-state index >= 15 is 0 Å². The molecule has 0 unspecified atom stereocenters. The van der Waals surface area contributed by atoms with Gasteiger partial charge in [0.25, 0.3) is 0 Å². The van der Waals surface area contributed by atoms with Gasteiger partial charge in [0.05, 0.1) is 21.1 Å². The molecule has 0 aliphatic rings. The van der Waals surface area contributed by atoms with Gasteiger partial charge >= 0.3 is 0 Å². The van der Waals surface area contributed by atoms with E-state index < -0.39 is 0 Å². The highest BCUT2D eigenvalue weighted by molar-refractivity contribution is 7.17. The summed E-state index contributed by atoms with van der Waals surface area (Å²) >= 11 is 13.4. The van der Waals surface area contributed by atoms with Gasteiger partial charge in [0.2, 0.25) is 0 Å². The number of nitrogens with one attached hydrogen (secondary N) is 1. The third-order valence-electron chi connectivity index (χ3n) is 2.72. The van der Waals surface area contributed by atoms with E-state index in [-0.39, 0.29) is 0 Å². The van der Waals surface area contributed by atoms with Gasteiger partial charge in [0.1, 0.15) is 0 Å². The first-order valence-corrected chi connectivity index (χ1v) is 8.02. The van der Waals surface area contributed by atoms with Crippen LogP contribution in [0.15, 0.2) is 23.6 Å². The molecule has 5 nitrogen and oxygen atoms in total. The van der Waals surface area contributed by atoms with Crippen molar-refractivity contribution in [2.45, 2.75) is 13.8 Å². The quantitative estimate of drug-likeness (QED) is 0.632. The molecule has 0 saturated heterocycles.